The fraction of sp³-hybridized carbons (Fsp3) is 0.394. The van der Waals surface area contributed by atoms with Crippen molar-refractivity contribution in [1.29, 1.82) is 0 Å². The van der Waals surface area contributed by atoms with Gasteiger partial charge in [-0.2, -0.15) is 0 Å². The summed E-state index contributed by atoms with van der Waals surface area (Å²) >= 11 is 0. The van der Waals surface area contributed by atoms with Crippen molar-refractivity contribution in [2.45, 2.75) is 76.7 Å². The molecule has 4 atom stereocenters. The molecular weight excluding hydrogens is 488 g/mol. The van der Waals surface area contributed by atoms with Crippen molar-refractivity contribution in [3.05, 3.63) is 107 Å². The summed E-state index contributed by atoms with van der Waals surface area (Å²) in [5.74, 6) is -0.566. The third-order valence-corrected chi connectivity index (χ3v) is 7.14. The molecule has 0 aromatic heterocycles. The molecule has 3 aromatic carbocycles. The monoisotopic (exact) mass is 528 g/mol. The number of aryl methyl sites for hydroxylation is 1. The van der Waals surface area contributed by atoms with Gasteiger partial charge in [-0.25, -0.2) is 4.79 Å². The average molecular weight is 529 g/mol. The number of amides is 2. The van der Waals surface area contributed by atoms with Gasteiger partial charge in [0.15, 0.2) is 0 Å². The maximum absolute atomic E-state index is 13.7. The lowest BCUT2D eigenvalue weighted by atomic mass is 9.88. The molecule has 6 nitrogen and oxygen atoms in total. The predicted molar refractivity (Wildman–Crippen MR) is 153 cm³/mol. The summed E-state index contributed by atoms with van der Waals surface area (Å²) in [5.41, 5.74) is 3.77. The second-order valence-corrected chi connectivity index (χ2v) is 11.4. The minimum atomic E-state index is -0.965. The van der Waals surface area contributed by atoms with E-state index in [1.165, 1.54) is 11.1 Å². The highest BCUT2D eigenvalue weighted by molar-refractivity contribution is 5.79. The second-order valence-electron chi connectivity index (χ2n) is 11.4. The molecule has 206 valence electrons. The number of fused-ring (bicyclic) bond motifs is 1. The van der Waals surface area contributed by atoms with Gasteiger partial charge >= 0.3 is 6.09 Å². The number of alkyl carbamates (subject to hydrolysis) is 1. The van der Waals surface area contributed by atoms with Crippen molar-refractivity contribution in [2.75, 3.05) is 0 Å². The number of carbonyl (C=O) groups is 2. The van der Waals surface area contributed by atoms with E-state index in [-0.39, 0.29) is 18.4 Å². The number of hydrogen-bond donors (Lipinski definition) is 3. The first-order valence-corrected chi connectivity index (χ1v) is 13.8. The van der Waals surface area contributed by atoms with Crippen LogP contribution in [0.5, 0.6) is 0 Å². The highest BCUT2D eigenvalue weighted by Gasteiger charge is 2.32. The van der Waals surface area contributed by atoms with Gasteiger partial charge in [0.25, 0.3) is 0 Å². The summed E-state index contributed by atoms with van der Waals surface area (Å²) in [5, 5.41) is 17.6. The van der Waals surface area contributed by atoms with Gasteiger partial charge in [0.1, 0.15) is 5.60 Å². The number of aliphatic hydroxyl groups is 1. The van der Waals surface area contributed by atoms with E-state index in [4.69, 9.17) is 4.74 Å². The van der Waals surface area contributed by atoms with E-state index < -0.39 is 29.8 Å². The Morgan fingerprint density at radius 2 is 1.49 bits per heavy atom. The predicted octanol–water partition coefficient (Wildman–Crippen LogP) is 5.54. The molecule has 4 rings (SSSR count). The van der Waals surface area contributed by atoms with Gasteiger partial charge in [-0.3, -0.25) is 4.79 Å². The minimum absolute atomic E-state index is 0.0379. The van der Waals surface area contributed by atoms with Gasteiger partial charge in [0.05, 0.1) is 18.2 Å². The number of rotatable bonds is 10. The molecule has 0 fully saturated rings. The topological polar surface area (TPSA) is 87.7 Å². The quantitative estimate of drug-likeness (QED) is 0.323. The molecule has 3 N–H and O–H groups in total. The number of benzene rings is 3. The lowest BCUT2D eigenvalue weighted by molar-refractivity contribution is -0.127. The average Bonchev–Trinajstić information content (AvgIpc) is 3.30. The molecule has 6 heteroatoms. The Kier molecular flexibility index (Phi) is 9.41. The van der Waals surface area contributed by atoms with Crippen molar-refractivity contribution in [3.63, 3.8) is 0 Å². The van der Waals surface area contributed by atoms with E-state index in [0.717, 1.165) is 24.0 Å². The first kappa shape index (κ1) is 28.4. The maximum atomic E-state index is 13.7. The Balaban J connectivity index is 1.52. The molecule has 0 bridgehead atoms. The normalized spacial score (nSPS) is 17.0. The maximum Gasteiger partial charge on any atom is 0.407 e. The van der Waals surface area contributed by atoms with E-state index in [2.05, 4.69) is 22.8 Å². The Hall–Kier alpha value is -3.64. The summed E-state index contributed by atoms with van der Waals surface area (Å²) < 4.78 is 5.49. The van der Waals surface area contributed by atoms with Crippen LogP contribution in [0.1, 0.15) is 61.9 Å². The molecule has 1 aliphatic rings. The summed E-state index contributed by atoms with van der Waals surface area (Å²) in [4.78, 5) is 26.4. The molecule has 0 saturated carbocycles. The fourth-order valence-electron chi connectivity index (χ4n) is 5.24. The van der Waals surface area contributed by atoms with Gasteiger partial charge in [-0.15, -0.1) is 0 Å². The number of hydrogen-bond acceptors (Lipinski definition) is 4. The second kappa shape index (κ2) is 12.9. The lowest BCUT2D eigenvalue weighted by Crippen LogP contribution is -2.48. The zero-order valence-corrected chi connectivity index (χ0v) is 23.1. The number of aliphatic hydroxyl groups excluding tert-OH is 1. The Bertz CT molecular complexity index is 1220. The smallest absolute Gasteiger partial charge is 0.407 e. The van der Waals surface area contributed by atoms with Crippen LogP contribution in [-0.2, 0) is 28.8 Å². The summed E-state index contributed by atoms with van der Waals surface area (Å²) in [7, 11) is 0. The van der Waals surface area contributed by atoms with Crippen molar-refractivity contribution in [3.8, 4) is 0 Å². The Morgan fingerprint density at radius 3 is 2.13 bits per heavy atom. The Morgan fingerprint density at radius 1 is 0.897 bits per heavy atom. The van der Waals surface area contributed by atoms with Crippen LogP contribution in [0.25, 0.3) is 0 Å². The van der Waals surface area contributed by atoms with Crippen LogP contribution >= 0.6 is 0 Å². The SMILES string of the molecule is CC(C)(C)OC(=O)N[C@@H](Cc1ccccc1)C(O)C[C@@H](Cc1ccccc1)C(=O)N[C@H]1CCc2ccccc21. The van der Waals surface area contributed by atoms with Crippen LogP contribution < -0.4 is 10.6 Å². The first-order valence-electron chi connectivity index (χ1n) is 13.8. The molecule has 39 heavy (non-hydrogen) atoms. The molecule has 0 radical (unpaired) electrons. The zero-order chi connectivity index (χ0) is 27.8. The van der Waals surface area contributed by atoms with E-state index in [1.807, 2.05) is 72.8 Å². The molecular formula is C33H40N2O4. The van der Waals surface area contributed by atoms with E-state index in [9.17, 15) is 14.7 Å². The van der Waals surface area contributed by atoms with Crippen LogP contribution in [0.15, 0.2) is 84.9 Å². The van der Waals surface area contributed by atoms with Crippen molar-refractivity contribution in [1.82, 2.24) is 10.6 Å². The molecule has 0 spiro atoms. The van der Waals surface area contributed by atoms with Crippen molar-refractivity contribution < 1.29 is 19.4 Å². The zero-order valence-electron chi connectivity index (χ0n) is 23.1. The number of ether oxygens (including phenoxy) is 1. The number of carbonyl (C=O) groups excluding carboxylic acids is 2. The molecule has 3 aromatic rings. The molecule has 0 aliphatic heterocycles. The molecule has 0 heterocycles. The van der Waals surface area contributed by atoms with Gasteiger partial charge < -0.3 is 20.5 Å². The highest BCUT2D eigenvalue weighted by Crippen LogP contribution is 2.31. The number of nitrogens with one attached hydrogen (secondary N) is 2. The van der Waals surface area contributed by atoms with Gasteiger partial charge in [-0.1, -0.05) is 84.9 Å². The van der Waals surface area contributed by atoms with Gasteiger partial charge in [0.2, 0.25) is 5.91 Å². The Labute approximate surface area is 231 Å². The minimum Gasteiger partial charge on any atom is -0.444 e. The van der Waals surface area contributed by atoms with E-state index >= 15 is 0 Å². The summed E-state index contributed by atoms with van der Waals surface area (Å²) in [6.45, 7) is 5.41. The largest absolute Gasteiger partial charge is 0.444 e. The summed E-state index contributed by atoms with van der Waals surface area (Å²) in [6.07, 6.45) is 1.35. The van der Waals surface area contributed by atoms with Crippen LogP contribution in [0.2, 0.25) is 0 Å². The molecule has 0 saturated heterocycles. The van der Waals surface area contributed by atoms with E-state index in [1.54, 1.807) is 20.8 Å². The van der Waals surface area contributed by atoms with Crippen LogP contribution in [-0.4, -0.2) is 34.9 Å². The van der Waals surface area contributed by atoms with E-state index in [0.29, 0.717) is 12.8 Å². The van der Waals surface area contributed by atoms with Crippen molar-refractivity contribution in [2.24, 2.45) is 5.92 Å². The highest BCUT2D eigenvalue weighted by atomic mass is 16.6. The van der Waals surface area contributed by atoms with Gasteiger partial charge in [0, 0.05) is 5.92 Å². The molecule has 2 amide bonds. The third kappa shape index (κ3) is 8.42. The van der Waals surface area contributed by atoms with Crippen LogP contribution in [0.3, 0.4) is 0 Å². The summed E-state index contributed by atoms with van der Waals surface area (Å²) in [6, 6.07) is 27.1. The lowest BCUT2D eigenvalue weighted by Gasteiger charge is -2.29. The standard InChI is InChI=1S/C33H40N2O4/c1-33(2,3)39-32(38)35-29(21-24-14-8-5-9-15-24)30(36)22-26(20-23-12-6-4-7-13-23)31(37)34-28-19-18-25-16-10-11-17-27(25)28/h4-17,26,28-30,36H,18-22H2,1-3H3,(H,34,37)(H,35,38)/t26-,28+,29+,30?/m1/s1. The van der Waals surface area contributed by atoms with Crippen LogP contribution in [0, 0.1) is 5.92 Å². The van der Waals surface area contributed by atoms with Crippen LogP contribution in [0.4, 0.5) is 4.79 Å². The third-order valence-electron chi connectivity index (χ3n) is 7.14. The van der Waals surface area contributed by atoms with Gasteiger partial charge in [-0.05, 0) is 75.1 Å². The first-order chi connectivity index (χ1) is 18.7. The van der Waals surface area contributed by atoms with Crippen molar-refractivity contribution >= 4 is 12.0 Å². The molecule has 1 aliphatic carbocycles. The molecule has 1 unspecified atom stereocenters. The fourth-order valence-corrected chi connectivity index (χ4v) is 5.24.